The Balaban J connectivity index is 1.77. The van der Waals surface area contributed by atoms with Crippen LogP contribution in [0.15, 0.2) is 72.8 Å². The maximum Gasteiger partial charge on any atom is 0.315 e. The number of ether oxygens (including phenoxy) is 8. The second-order valence-electron chi connectivity index (χ2n) is 9.39. The first kappa shape index (κ1) is 31.6. The molecule has 0 heterocycles. The van der Waals surface area contributed by atoms with Gasteiger partial charge in [-0.05, 0) is 70.8 Å². The molecule has 0 aliphatic rings. The van der Waals surface area contributed by atoms with Gasteiger partial charge < -0.3 is 37.9 Å². The molecule has 0 N–H and O–H groups in total. The lowest BCUT2D eigenvalue weighted by Crippen LogP contribution is -2.14. The molecule has 0 aliphatic carbocycles. The minimum Gasteiger partial charge on any atom is -0.497 e. The molecule has 0 unspecified atom stereocenters. The van der Waals surface area contributed by atoms with Crippen LogP contribution >= 0.6 is 0 Å². The molecule has 44 heavy (non-hydrogen) atoms. The first-order valence-corrected chi connectivity index (χ1v) is 13.5. The number of carbonyl (C=O) groups excluding carboxylic acids is 2. The van der Waals surface area contributed by atoms with Crippen molar-refractivity contribution >= 4 is 11.9 Å². The average Bonchev–Trinajstić information content (AvgIpc) is 3.04. The fourth-order valence-corrected chi connectivity index (χ4v) is 4.61. The molecule has 0 saturated heterocycles. The van der Waals surface area contributed by atoms with Crippen molar-refractivity contribution in [3.05, 3.63) is 83.9 Å². The van der Waals surface area contributed by atoms with E-state index >= 15 is 0 Å². The molecule has 0 aliphatic heterocycles. The lowest BCUT2D eigenvalue weighted by molar-refractivity contribution is -0.134. The zero-order chi connectivity index (χ0) is 31.6. The number of methoxy groups -OCH3 is 6. The van der Waals surface area contributed by atoms with E-state index in [1.807, 2.05) is 0 Å². The summed E-state index contributed by atoms with van der Waals surface area (Å²) in [5, 5.41) is 0. The Kier molecular flexibility index (Phi) is 10.5. The van der Waals surface area contributed by atoms with Crippen LogP contribution in [0.5, 0.6) is 46.0 Å². The minimum absolute atomic E-state index is 0.130. The Bertz CT molecular complexity index is 1510. The summed E-state index contributed by atoms with van der Waals surface area (Å²) < 4.78 is 44.0. The smallest absolute Gasteiger partial charge is 0.315 e. The van der Waals surface area contributed by atoms with E-state index in [-0.39, 0.29) is 12.8 Å². The minimum atomic E-state index is -0.522. The zero-order valence-electron chi connectivity index (χ0n) is 25.4. The average molecular weight is 603 g/mol. The molecule has 0 atom stereocenters. The molecule has 0 aromatic heterocycles. The second kappa shape index (κ2) is 14.7. The molecule has 0 bridgehead atoms. The van der Waals surface area contributed by atoms with E-state index in [2.05, 4.69) is 0 Å². The van der Waals surface area contributed by atoms with Gasteiger partial charge in [-0.3, -0.25) is 9.59 Å². The van der Waals surface area contributed by atoms with Crippen molar-refractivity contribution in [2.75, 3.05) is 42.7 Å². The van der Waals surface area contributed by atoms with Crippen LogP contribution in [0.1, 0.15) is 11.1 Å². The number of hydrogen-bond acceptors (Lipinski definition) is 10. The predicted molar refractivity (Wildman–Crippen MR) is 163 cm³/mol. The van der Waals surface area contributed by atoms with E-state index in [0.29, 0.717) is 68.2 Å². The molecule has 0 saturated carbocycles. The van der Waals surface area contributed by atoms with Crippen LogP contribution in [-0.2, 0) is 22.4 Å². The van der Waals surface area contributed by atoms with Crippen LogP contribution in [0.25, 0.3) is 11.1 Å². The highest BCUT2D eigenvalue weighted by Gasteiger charge is 2.22. The van der Waals surface area contributed by atoms with E-state index in [1.54, 1.807) is 72.8 Å². The summed E-state index contributed by atoms with van der Waals surface area (Å²) in [6.07, 6.45) is -0.260. The van der Waals surface area contributed by atoms with Gasteiger partial charge in [0.25, 0.3) is 0 Å². The molecular weight excluding hydrogens is 568 g/mol. The Morgan fingerprint density at radius 1 is 0.455 bits per heavy atom. The largest absolute Gasteiger partial charge is 0.497 e. The van der Waals surface area contributed by atoms with Crippen molar-refractivity contribution in [3.8, 4) is 57.1 Å². The molecule has 4 aromatic rings. The van der Waals surface area contributed by atoms with E-state index < -0.39 is 11.9 Å². The summed E-state index contributed by atoms with van der Waals surface area (Å²) in [5.74, 6) is 2.42. The summed E-state index contributed by atoms with van der Waals surface area (Å²) in [6.45, 7) is 0. The van der Waals surface area contributed by atoms with Crippen LogP contribution in [0.3, 0.4) is 0 Å². The Morgan fingerprint density at radius 3 is 1.14 bits per heavy atom. The van der Waals surface area contributed by atoms with Crippen LogP contribution in [0.4, 0.5) is 0 Å². The number of hydrogen-bond donors (Lipinski definition) is 0. The zero-order valence-corrected chi connectivity index (χ0v) is 25.4. The second-order valence-corrected chi connectivity index (χ2v) is 9.39. The van der Waals surface area contributed by atoms with Gasteiger partial charge in [-0.25, -0.2) is 0 Å². The summed E-state index contributed by atoms with van der Waals surface area (Å²) in [4.78, 5) is 26.4. The van der Waals surface area contributed by atoms with E-state index in [9.17, 15) is 9.59 Å². The first-order valence-electron chi connectivity index (χ1n) is 13.5. The lowest BCUT2D eigenvalue weighted by Gasteiger charge is -2.19. The van der Waals surface area contributed by atoms with Gasteiger partial charge in [-0.1, -0.05) is 12.1 Å². The third kappa shape index (κ3) is 7.52. The van der Waals surface area contributed by atoms with Crippen LogP contribution < -0.4 is 37.9 Å². The van der Waals surface area contributed by atoms with Crippen molar-refractivity contribution in [2.45, 2.75) is 12.8 Å². The highest BCUT2D eigenvalue weighted by Crippen LogP contribution is 2.42. The fraction of sp³-hybridized carbons (Fsp3) is 0.235. The monoisotopic (exact) mass is 602 g/mol. The summed E-state index contributed by atoms with van der Waals surface area (Å²) in [6, 6.07) is 20.4. The Labute approximate surface area is 255 Å². The normalized spacial score (nSPS) is 10.4. The maximum atomic E-state index is 13.2. The summed E-state index contributed by atoms with van der Waals surface area (Å²) in [5.41, 5.74) is 2.31. The molecule has 0 spiro atoms. The SMILES string of the molecule is COc1cccc(OC(=O)Cc2cc(OC)c(OC)cc2-c2cc(OC)c(OC)cc2CC(=O)Oc2cccc(OC)c2)c1. The number of esters is 2. The topological polar surface area (TPSA) is 108 Å². The Morgan fingerprint density at radius 2 is 0.795 bits per heavy atom. The Hall–Kier alpha value is -5.38. The fourth-order valence-electron chi connectivity index (χ4n) is 4.61. The molecule has 4 rings (SSSR count). The molecule has 0 radical (unpaired) electrons. The van der Waals surface area contributed by atoms with Crippen molar-refractivity contribution < 1.29 is 47.5 Å². The van der Waals surface area contributed by atoms with Crippen LogP contribution in [0.2, 0.25) is 0 Å². The van der Waals surface area contributed by atoms with Gasteiger partial charge in [-0.15, -0.1) is 0 Å². The molecule has 0 fully saturated rings. The summed E-state index contributed by atoms with van der Waals surface area (Å²) >= 11 is 0. The molecule has 0 amide bonds. The van der Waals surface area contributed by atoms with Gasteiger partial charge in [0.2, 0.25) is 0 Å². The molecule has 10 nitrogen and oxygen atoms in total. The standard InChI is InChI=1S/C34H34O10/c1-37-23-9-7-11-25(17-23)43-33(35)15-21-13-29(39-3)31(41-5)19-27(21)28-20-32(42-6)30(40-4)14-22(28)16-34(36)44-26-12-8-10-24(18-26)38-2/h7-14,17-20H,15-16H2,1-6H3. The molecule has 4 aromatic carbocycles. The van der Waals surface area contributed by atoms with Crippen LogP contribution in [-0.4, -0.2) is 54.6 Å². The van der Waals surface area contributed by atoms with E-state index in [1.165, 1.54) is 42.7 Å². The van der Waals surface area contributed by atoms with E-state index in [0.717, 1.165) is 0 Å². The predicted octanol–water partition coefficient (Wildman–Crippen LogP) is 5.70. The first-order chi connectivity index (χ1) is 21.3. The van der Waals surface area contributed by atoms with Crippen molar-refractivity contribution in [1.82, 2.24) is 0 Å². The van der Waals surface area contributed by atoms with Gasteiger partial charge in [-0.2, -0.15) is 0 Å². The lowest BCUT2D eigenvalue weighted by atomic mass is 9.91. The van der Waals surface area contributed by atoms with Crippen molar-refractivity contribution in [1.29, 1.82) is 0 Å². The van der Waals surface area contributed by atoms with Gasteiger partial charge >= 0.3 is 11.9 Å². The van der Waals surface area contributed by atoms with Crippen LogP contribution in [0, 0.1) is 0 Å². The molecular formula is C34H34O10. The highest BCUT2D eigenvalue weighted by molar-refractivity contribution is 5.85. The van der Waals surface area contributed by atoms with Gasteiger partial charge in [0, 0.05) is 12.1 Å². The third-order valence-electron chi connectivity index (χ3n) is 6.72. The highest BCUT2D eigenvalue weighted by atomic mass is 16.5. The van der Waals surface area contributed by atoms with Crippen molar-refractivity contribution in [2.24, 2.45) is 0 Å². The number of rotatable bonds is 13. The quantitative estimate of drug-likeness (QED) is 0.140. The van der Waals surface area contributed by atoms with Gasteiger partial charge in [0.1, 0.15) is 23.0 Å². The molecule has 10 heteroatoms. The number of carbonyl (C=O) groups is 2. The number of benzene rings is 4. The van der Waals surface area contributed by atoms with E-state index in [4.69, 9.17) is 37.9 Å². The third-order valence-corrected chi connectivity index (χ3v) is 6.72. The maximum absolute atomic E-state index is 13.2. The van der Waals surface area contributed by atoms with Crippen molar-refractivity contribution in [3.63, 3.8) is 0 Å². The molecule has 230 valence electrons. The van der Waals surface area contributed by atoms with Gasteiger partial charge in [0.15, 0.2) is 23.0 Å². The summed E-state index contributed by atoms with van der Waals surface area (Å²) in [7, 11) is 9.10. The van der Waals surface area contributed by atoms with Gasteiger partial charge in [0.05, 0.1) is 55.5 Å².